The lowest BCUT2D eigenvalue weighted by atomic mass is 10.1. The number of piperidine rings is 1. The zero-order chi connectivity index (χ0) is 15.1. The van der Waals surface area contributed by atoms with Crippen molar-refractivity contribution in [1.29, 1.82) is 5.26 Å². The molecule has 1 atom stereocenters. The fraction of sp³-hybridized carbons (Fsp3) is 0.375. The van der Waals surface area contributed by atoms with Crippen molar-refractivity contribution >= 4 is 16.7 Å². The number of aromatic nitrogens is 1. The number of hydrogen-bond donors (Lipinski definition) is 1. The highest BCUT2D eigenvalue weighted by Crippen LogP contribution is 2.37. The van der Waals surface area contributed by atoms with Crippen LogP contribution in [0.3, 0.4) is 0 Å². The number of β-amino-alcohol motifs (C(OH)–C–C–N with tert-alkyl or cyclic N) is 1. The quantitative estimate of drug-likeness (QED) is 0.864. The van der Waals surface area contributed by atoms with E-state index in [1.165, 1.54) is 0 Å². The summed E-state index contributed by atoms with van der Waals surface area (Å²) in [5.41, 5.74) is 1.28. The number of hydrogen-bond acceptors (Lipinski definition) is 6. The van der Waals surface area contributed by atoms with Crippen molar-refractivity contribution in [2.45, 2.75) is 18.9 Å². The van der Waals surface area contributed by atoms with E-state index in [1.807, 2.05) is 23.1 Å². The fourth-order valence-corrected chi connectivity index (χ4v) is 3.02. The van der Waals surface area contributed by atoms with Crippen LogP contribution in [0, 0.1) is 11.3 Å². The van der Waals surface area contributed by atoms with Gasteiger partial charge in [-0.05, 0) is 25.0 Å². The van der Waals surface area contributed by atoms with Gasteiger partial charge >= 0.3 is 0 Å². The van der Waals surface area contributed by atoms with E-state index in [0.717, 1.165) is 30.3 Å². The molecule has 3 heterocycles. The molecule has 1 unspecified atom stereocenters. The summed E-state index contributed by atoms with van der Waals surface area (Å²) >= 11 is 0. The molecule has 0 aliphatic carbocycles. The van der Waals surface area contributed by atoms with E-state index in [2.05, 4.69) is 11.1 Å². The maximum Gasteiger partial charge on any atom is 0.231 e. The summed E-state index contributed by atoms with van der Waals surface area (Å²) in [6.07, 6.45) is 1.33. The Kier molecular flexibility index (Phi) is 3.01. The second kappa shape index (κ2) is 5.04. The Morgan fingerprint density at radius 3 is 2.86 bits per heavy atom. The summed E-state index contributed by atoms with van der Waals surface area (Å²) in [4.78, 5) is 6.62. The topological polar surface area (TPSA) is 78.6 Å². The zero-order valence-electron chi connectivity index (χ0n) is 12.0. The number of fused-ring (bicyclic) bond motifs is 2. The molecule has 0 spiro atoms. The molecule has 1 saturated heterocycles. The molecule has 6 nitrogen and oxygen atoms in total. The monoisotopic (exact) mass is 297 g/mol. The second-order valence-electron chi connectivity index (χ2n) is 5.61. The van der Waals surface area contributed by atoms with Crippen LogP contribution in [0.15, 0.2) is 18.2 Å². The van der Waals surface area contributed by atoms with Gasteiger partial charge < -0.3 is 19.5 Å². The summed E-state index contributed by atoms with van der Waals surface area (Å²) in [6.45, 7) is 1.52. The zero-order valence-corrected chi connectivity index (χ0v) is 12.0. The Bertz CT molecular complexity index is 784. The maximum atomic E-state index is 9.86. The molecule has 1 aromatic heterocycles. The minimum atomic E-state index is -0.366. The van der Waals surface area contributed by atoms with E-state index >= 15 is 0 Å². The molecular formula is C16H15N3O3. The van der Waals surface area contributed by atoms with Gasteiger partial charge in [-0.15, -0.1) is 0 Å². The number of benzene rings is 1. The lowest BCUT2D eigenvalue weighted by Gasteiger charge is -2.31. The average Bonchev–Trinajstić information content (AvgIpc) is 2.98. The van der Waals surface area contributed by atoms with Gasteiger partial charge in [0.15, 0.2) is 11.5 Å². The summed E-state index contributed by atoms with van der Waals surface area (Å²) in [5, 5.41) is 20.1. The van der Waals surface area contributed by atoms with Crippen molar-refractivity contribution in [3.63, 3.8) is 0 Å². The molecule has 4 rings (SSSR count). The van der Waals surface area contributed by atoms with Gasteiger partial charge in [0.1, 0.15) is 11.9 Å². The van der Waals surface area contributed by atoms with Crippen LogP contribution < -0.4 is 14.4 Å². The van der Waals surface area contributed by atoms with Crippen molar-refractivity contribution in [2.24, 2.45) is 0 Å². The molecule has 1 N–H and O–H groups in total. The fourth-order valence-electron chi connectivity index (χ4n) is 3.02. The van der Waals surface area contributed by atoms with Gasteiger partial charge in [-0.2, -0.15) is 5.26 Å². The Morgan fingerprint density at radius 2 is 2.09 bits per heavy atom. The SMILES string of the molecule is N#Cc1cc2cc3c(cc2nc1N1CCCC(O)C1)OCO3. The van der Waals surface area contributed by atoms with Crippen molar-refractivity contribution in [3.8, 4) is 17.6 Å². The normalized spacial score (nSPS) is 20.2. The molecule has 2 aliphatic heterocycles. The molecule has 22 heavy (non-hydrogen) atoms. The Hall–Kier alpha value is -2.52. The molecule has 6 heteroatoms. The van der Waals surface area contributed by atoms with Crippen molar-refractivity contribution in [3.05, 3.63) is 23.8 Å². The van der Waals surface area contributed by atoms with Crippen LogP contribution in [0.1, 0.15) is 18.4 Å². The van der Waals surface area contributed by atoms with Crippen LogP contribution in [0.25, 0.3) is 10.9 Å². The van der Waals surface area contributed by atoms with E-state index in [-0.39, 0.29) is 12.9 Å². The number of aliphatic hydroxyl groups excluding tert-OH is 1. The van der Waals surface area contributed by atoms with Crippen LogP contribution in [0.2, 0.25) is 0 Å². The molecular weight excluding hydrogens is 282 g/mol. The number of rotatable bonds is 1. The van der Waals surface area contributed by atoms with Crippen molar-refractivity contribution in [2.75, 3.05) is 24.8 Å². The average molecular weight is 297 g/mol. The Morgan fingerprint density at radius 1 is 1.27 bits per heavy atom. The van der Waals surface area contributed by atoms with Crippen LogP contribution in [0.4, 0.5) is 5.82 Å². The summed E-state index contributed by atoms with van der Waals surface area (Å²) in [7, 11) is 0. The highest BCUT2D eigenvalue weighted by Gasteiger charge is 2.23. The first-order chi connectivity index (χ1) is 10.7. The predicted octanol–water partition coefficient (Wildman–Crippen LogP) is 1.80. The summed E-state index contributed by atoms with van der Waals surface area (Å²) < 4.78 is 10.7. The van der Waals surface area contributed by atoms with Crippen LogP contribution in [0.5, 0.6) is 11.5 Å². The van der Waals surface area contributed by atoms with Crippen molar-refractivity contribution < 1.29 is 14.6 Å². The molecule has 0 radical (unpaired) electrons. The van der Waals surface area contributed by atoms with Gasteiger partial charge in [-0.1, -0.05) is 0 Å². The van der Waals surface area contributed by atoms with E-state index in [0.29, 0.717) is 29.4 Å². The molecule has 0 bridgehead atoms. The van der Waals surface area contributed by atoms with Crippen LogP contribution >= 0.6 is 0 Å². The minimum absolute atomic E-state index is 0.210. The van der Waals surface area contributed by atoms with Crippen molar-refractivity contribution in [1.82, 2.24) is 4.98 Å². The van der Waals surface area contributed by atoms with Gasteiger partial charge in [-0.3, -0.25) is 0 Å². The van der Waals surface area contributed by atoms with Gasteiger partial charge in [0.2, 0.25) is 6.79 Å². The Labute approximate surface area is 127 Å². The highest BCUT2D eigenvalue weighted by molar-refractivity contribution is 5.86. The lowest BCUT2D eigenvalue weighted by molar-refractivity contribution is 0.154. The Balaban J connectivity index is 1.83. The predicted molar refractivity (Wildman–Crippen MR) is 80.0 cm³/mol. The molecule has 0 saturated carbocycles. The third kappa shape index (κ3) is 2.11. The number of ether oxygens (including phenoxy) is 2. The third-order valence-electron chi connectivity index (χ3n) is 4.11. The molecule has 2 aromatic rings. The highest BCUT2D eigenvalue weighted by atomic mass is 16.7. The van der Waals surface area contributed by atoms with Gasteiger partial charge in [0, 0.05) is 24.5 Å². The third-order valence-corrected chi connectivity index (χ3v) is 4.11. The summed E-state index contributed by atoms with van der Waals surface area (Å²) in [5.74, 6) is 1.99. The van der Waals surface area contributed by atoms with Gasteiger partial charge in [0.05, 0.1) is 17.2 Å². The first kappa shape index (κ1) is 13.2. The number of nitrogens with zero attached hydrogens (tertiary/aromatic N) is 3. The molecule has 1 fully saturated rings. The lowest BCUT2D eigenvalue weighted by Crippen LogP contribution is -2.39. The minimum Gasteiger partial charge on any atom is -0.454 e. The van der Waals surface area contributed by atoms with Crippen LogP contribution in [-0.4, -0.2) is 36.1 Å². The number of nitriles is 1. The van der Waals surface area contributed by atoms with E-state index in [9.17, 15) is 10.4 Å². The molecule has 2 aliphatic rings. The number of pyridine rings is 1. The first-order valence-corrected chi connectivity index (χ1v) is 7.32. The number of anilines is 1. The smallest absolute Gasteiger partial charge is 0.231 e. The van der Waals surface area contributed by atoms with E-state index in [4.69, 9.17) is 9.47 Å². The molecule has 0 amide bonds. The van der Waals surface area contributed by atoms with E-state index in [1.54, 1.807) is 0 Å². The second-order valence-corrected chi connectivity index (χ2v) is 5.61. The molecule has 112 valence electrons. The summed E-state index contributed by atoms with van der Waals surface area (Å²) in [6, 6.07) is 7.71. The molecule has 1 aromatic carbocycles. The number of aliphatic hydroxyl groups is 1. The van der Waals surface area contributed by atoms with Gasteiger partial charge in [-0.25, -0.2) is 4.98 Å². The van der Waals surface area contributed by atoms with E-state index < -0.39 is 0 Å². The maximum absolute atomic E-state index is 9.86. The standard InChI is InChI=1S/C16H15N3O3/c17-7-11-4-10-5-14-15(22-9-21-14)6-13(10)18-16(11)19-3-1-2-12(20)8-19/h4-6,12,20H,1-3,8-9H2. The van der Waals surface area contributed by atoms with Gasteiger partial charge in [0.25, 0.3) is 0 Å². The largest absolute Gasteiger partial charge is 0.454 e. The van der Waals surface area contributed by atoms with Crippen LogP contribution in [-0.2, 0) is 0 Å². The first-order valence-electron chi connectivity index (χ1n) is 7.32.